The smallest absolute Gasteiger partial charge is 0.0714 e. The van der Waals surface area contributed by atoms with Crippen LogP contribution in [0.3, 0.4) is 0 Å². The zero-order valence-electron chi connectivity index (χ0n) is 15.4. The Labute approximate surface area is 175 Å². The third kappa shape index (κ3) is 2.38. The van der Waals surface area contributed by atoms with Crippen LogP contribution < -0.4 is 0 Å². The molecule has 136 valence electrons. The van der Waals surface area contributed by atoms with Gasteiger partial charge < -0.3 is 0 Å². The predicted octanol–water partition coefficient (Wildman–Crippen LogP) is 7.66. The van der Waals surface area contributed by atoms with Crippen LogP contribution in [0.2, 0.25) is 10.0 Å². The van der Waals surface area contributed by atoms with Gasteiger partial charge in [-0.15, -0.1) is 0 Å². The van der Waals surface area contributed by atoms with Crippen molar-refractivity contribution in [2.24, 2.45) is 0 Å². The van der Waals surface area contributed by atoms with Gasteiger partial charge in [0.05, 0.1) is 5.41 Å². The van der Waals surface area contributed by atoms with Crippen LogP contribution in [-0.4, -0.2) is 0 Å². The summed E-state index contributed by atoms with van der Waals surface area (Å²) in [5.41, 5.74) is 7.97. The summed E-state index contributed by atoms with van der Waals surface area (Å²) in [6.45, 7) is 2.04. The lowest BCUT2D eigenvalue weighted by Crippen LogP contribution is -2.28. The molecule has 28 heavy (non-hydrogen) atoms. The lowest BCUT2D eigenvalue weighted by molar-refractivity contribution is 0.768. The summed E-state index contributed by atoms with van der Waals surface area (Å²) >= 11 is 13.1. The van der Waals surface area contributed by atoms with Gasteiger partial charge in [-0.1, -0.05) is 96.0 Å². The van der Waals surface area contributed by atoms with Crippen LogP contribution in [0.4, 0.5) is 0 Å². The van der Waals surface area contributed by atoms with Crippen LogP contribution >= 0.6 is 23.2 Å². The van der Waals surface area contributed by atoms with Crippen molar-refractivity contribution in [2.45, 2.75) is 12.3 Å². The Bertz CT molecular complexity index is 1160. The molecule has 0 N–H and O–H groups in total. The largest absolute Gasteiger partial charge is 0.0843 e. The summed E-state index contributed by atoms with van der Waals surface area (Å²) in [6.07, 6.45) is 0. The molecule has 0 aliphatic heterocycles. The summed E-state index contributed by atoms with van der Waals surface area (Å²) < 4.78 is 0. The minimum Gasteiger partial charge on any atom is -0.0843 e. The predicted molar refractivity (Wildman–Crippen MR) is 119 cm³/mol. The van der Waals surface area contributed by atoms with Gasteiger partial charge in [0.25, 0.3) is 0 Å². The van der Waals surface area contributed by atoms with Gasteiger partial charge in [0.1, 0.15) is 0 Å². The number of halogens is 2. The van der Waals surface area contributed by atoms with Crippen LogP contribution in [0.25, 0.3) is 11.1 Å². The fourth-order valence-corrected chi connectivity index (χ4v) is 4.94. The molecule has 0 fully saturated rings. The van der Waals surface area contributed by atoms with E-state index in [1.165, 1.54) is 22.3 Å². The Balaban J connectivity index is 1.97. The van der Waals surface area contributed by atoms with E-state index < -0.39 is 5.41 Å². The molecule has 0 saturated heterocycles. The molecule has 0 spiro atoms. The van der Waals surface area contributed by atoms with Gasteiger partial charge in [-0.3, -0.25) is 0 Å². The van der Waals surface area contributed by atoms with Crippen LogP contribution in [0.1, 0.15) is 27.8 Å². The molecule has 0 atom stereocenters. The first kappa shape index (κ1) is 17.6. The number of benzene rings is 4. The second kappa shape index (κ2) is 6.51. The highest BCUT2D eigenvalue weighted by Gasteiger charge is 2.46. The van der Waals surface area contributed by atoms with Gasteiger partial charge in [-0.05, 0) is 64.1 Å². The Hall–Kier alpha value is -2.54. The lowest BCUT2D eigenvalue weighted by Gasteiger charge is -2.34. The average molecular weight is 401 g/mol. The van der Waals surface area contributed by atoms with Gasteiger partial charge >= 0.3 is 0 Å². The maximum absolute atomic E-state index is 6.60. The van der Waals surface area contributed by atoms with E-state index >= 15 is 0 Å². The Morgan fingerprint density at radius 2 is 1.21 bits per heavy atom. The summed E-state index contributed by atoms with van der Waals surface area (Å²) in [5.74, 6) is 0. The summed E-state index contributed by atoms with van der Waals surface area (Å²) in [5, 5.41) is 1.51. The standard InChI is InChI=1S/C26H18Cl2/c1-17-13-14-19(16-25(17)28)26(18-7-6-8-20(27)15-18)23-11-4-2-9-21(23)22-10-3-5-12-24(22)26/h2-16H,1H3. The van der Waals surface area contributed by atoms with E-state index in [1.54, 1.807) is 0 Å². The highest BCUT2D eigenvalue weighted by atomic mass is 35.5. The van der Waals surface area contributed by atoms with Crippen molar-refractivity contribution in [3.8, 4) is 11.1 Å². The number of rotatable bonds is 2. The van der Waals surface area contributed by atoms with E-state index in [1.807, 2.05) is 19.1 Å². The van der Waals surface area contributed by atoms with Gasteiger partial charge in [0.15, 0.2) is 0 Å². The fraction of sp³-hybridized carbons (Fsp3) is 0.0769. The van der Waals surface area contributed by atoms with Crippen molar-refractivity contribution in [3.63, 3.8) is 0 Å². The SMILES string of the molecule is Cc1ccc(C2(c3cccc(Cl)c3)c3ccccc3-c3ccccc32)cc1Cl. The molecule has 0 amide bonds. The second-order valence-electron chi connectivity index (χ2n) is 7.32. The van der Waals surface area contributed by atoms with E-state index in [4.69, 9.17) is 23.2 Å². The van der Waals surface area contributed by atoms with E-state index in [0.717, 1.165) is 26.7 Å². The van der Waals surface area contributed by atoms with Crippen LogP contribution in [0.5, 0.6) is 0 Å². The van der Waals surface area contributed by atoms with E-state index in [-0.39, 0.29) is 0 Å². The molecule has 4 aromatic rings. The van der Waals surface area contributed by atoms with Gasteiger partial charge in [0.2, 0.25) is 0 Å². The summed E-state index contributed by atoms with van der Waals surface area (Å²) in [6, 6.07) is 31.9. The molecular weight excluding hydrogens is 383 g/mol. The molecule has 4 aromatic carbocycles. The lowest BCUT2D eigenvalue weighted by atomic mass is 9.67. The molecule has 0 radical (unpaired) electrons. The Morgan fingerprint density at radius 1 is 0.607 bits per heavy atom. The maximum Gasteiger partial charge on any atom is 0.0714 e. The van der Waals surface area contributed by atoms with Crippen LogP contribution in [0, 0.1) is 6.92 Å². The number of fused-ring (bicyclic) bond motifs is 3. The molecule has 0 unspecified atom stereocenters. The second-order valence-corrected chi connectivity index (χ2v) is 8.16. The van der Waals surface area contributed by atoms with Crippen molar-refractivity contribution < 1.29 is 0 Å². The molecule has 1 aliphatic rings. The zero-order chi connectivity index (χ0) is 19.3. The normalized spacial score (nSPS) is 13.8. The van der Waals surface area contributed by atoms with Gasteiger partial charge in [-0.2, -0.15) is 0 Å². The number of aryl methyl sites for hydroxylation is 1. The molecule has 1 aliphatic carbocycles. The van der Waals surface area contributed by atoms with Crippen molar-refractivity contribution in [1.82, 2.24) is 0 Å². The maximum atomic E-state index is 6.60. The topological polar surface area (TPSA) is 0 Å². The number of hydrogen-bond donors (Lipinski definition) is 0. The molecule has 5 rings (SSSR count). The molecule has 0 saturated carbocycles. The highest BCUT2D eigenvalue weighted by molar-refractivity contribution is 6.31. The van der Waals surface area contributed by atoms with Gasteiger partial charge in [0, 0.05) is 10.0 Å². The molecule has 0 aromatic heterocycles. The third-order valence-corrected chi connectivity index (χ3v) is 6.46. The van der Waals surface area contributed by atoms with Crippen LogP contribution in [-0.2, 0) is 5.41 Å². The summed E-state index contributed by atoms with van der Waals surface area (Å²) in [7, 11) is 0. The molecule has 2 heteroatoms. The minimum absolute atomic E-state index is 0.449. The molecule has 0 bridgehead atoms. The zero-order valence-corrected chi connectivity index (χ0v) is 16.9. The van der Waals surface area contributed by atoms with Crippen molar-refractivity contribution in [1.29, 1.82) is 0 Å². The first-order chi connectivity index (χ1) is 13.6. The van der Waals surface area contributed by atoms with E-state index in [9.17, 15) is 0 Å². The van der Waals surface area contributed by atoms with Crippen molar-refractivity contribution in [3.05, 3.63) is 129 Å². The van der Waals surface area contributed by atoms with Crippen LogP contribution in [0.15, 0.2) is 91.0 Å². The molecule has 0 heterocycles. The van der Waals surface area contributed by atoms with Gasteiger partial charge in [-0.25, -0.2) is 0 Å². The highest BCUT2D eigenvalue weighted by Crippen LogP contribution is 2.56. The van der Waals surface area contributed by atoms with Crippen molar-refractivity contribution in [2.75, 3.05) is 0 Å². The minimum atomic E-state index is -0.449. The monoisotopic (exact) mass is 400 g/mol. The molecular formula is C26H18Cl2. The first-order valence-corrected chi connectivity index (χ1v) is 10.1. The average Bonchev–Trinajstić information content (AvgIpc) is 3.02. The number of hydrogen-bond acceptors (Lipinski definition) is 0. The quantitative estimate of drug-likeness (QED) is 0.285. The third-order valence-electron chi connectivity index (χ3n) is 5.81. The molecule has 0 nitrogen and oxygen atoms in total. The fourth-order valence-electron chi connectivity index (χ4n) is 4.57. The first-order valence-electron chi connectivity index (χ1n) is 9.34. The van der Waals surface area contributed by atoms with Crippen molar-refractivity contribution >= 4 is 23.2 Å². The Morgan fingerprint density at radius 3 is 1.82 bits per heavy atom. The van der Waals surface area contributed by atoms with E-state index in [0.29, 0.717) is 0 Å². The summed E-state index contributed by atoms with van der Waals surface area (Å²) in [4.78, 5) is 0. The van der Waals surface area contributed by atoms with E-state index in [2.05, 4.69) is 78.9 Å². The Kier molecular flexibility index (Phi) is 4.08.